The first-order valence-corrected chi connectivity index (χ1v) is 6.74. The summed E-state index contributed by atoms with van der Waals surface area (Å²) in [4.78, 5) is 18.8. The topological polar surface area (TPSA) is 67.0 Å². The predicted octanol–water partition coefficient (Wildman–Crippen LogP) is 1.63. The van der Waals surface area contributed by atoms with Crippen LogP contribution in [0.25, 0.3) is 0 Å². The maximum atomic E-state index is 11.5. The minimum Gasteiger partial charge on any atom is -0.378 e. The Labute approximate surface area is 106 Å². The molecule has 0 radical (unpaired) electrons. The SMILES string of the molecule is CCOC1CC(Nc2cc(=O)[nH]c(C3CC3)n2)C1. The van der Waals surface area contributed by atoms with Gasteiger partial charge >= 0.3 is 0 Å². The Morgan fingerprint density at radius 2 is 2.28 bits per heavy atom. The van der Waals surface area contributed by atoms with Crippen LogP contribution in [0.1, 0.15) is 44.3 Å². The molecule has 1 aromatic rings. The molecule has 0 amide bonds. The summed E-state index contributed by atoms with van der Waals surface area (Å²) in [5.41, 5.74) is -0.0601. The lowest BCUT2D eigenvalue weighted by atomic mass is 9.89. The first-order valence-electron chi connectivity index (χ1n) is 6.74. The van der Waals surface area contributed by atoms with Crippen molar-refractivity contribution in [2.75, 3.05) is 11.9 Å². The van der Waals surface area contributed by atoms with Crippen molar-refractivity contribution in [1.29, 1.82) is 0 Å². The number of ether oxygens (including phenoxy) is 1. The third kappa shape index (κ3) is 2.56. The number of rotatable bonds is 5. The minimum absolute atomic E-state index is 0.0601. The van der Waals surface area contributed by atoms with Crippen molar-refractivity contribution in [3.05, 3.63) is 22.2 Å². The number of aromatic nitrogens is 2. The van der Waals surface area contributed by atoms with Gasteiger partial charge in [-0.2, -0.15) is 0 Å². The van der Waals surface area contributed by atoms with Gasteiger partial charge in [-0.1, -0.05) is 0 Å². The van der Waals surface area contributed by atoms with Crippen LogP contribution in [0.15, 0.2) is 10.9 Å². The normalized spacial score (nSPS) is 26.7. The molecule has 2 fully saturated rings. The summed E-state index contributed by atoms with van der Waals surface area (Å²) in [6, 6.07) is 1.93. The third-order valence-electron chi connectivity index (χ3n) is 3.57. The second-order valence-corrected chi connectivity index (χ2v) is 5.18. The van der Waals surface area contributed by atoms with E-state index in [1.54, 1.807) is 6.07 Å². The van der Waals surface area contributed by atoms with Crippen LogP contribution in [0, 0.1) is 0 Å². The fourth-order valence-electron chi connectivity index (χ4n) is 2.36. The molecule has 18 heavy (non-hydrogen) atoms. The lowest BCUT2D eigenvalue weighted by Crippen LogP contribution is -2.41. The Bertz CT molecular complexity index is 475. The van der Waals surface area contributed by atoms with E-state index in [0.29, 0.717) is 23.9 Å². The molecule has 5 heteroatoms. The largest absolute Gasteiger partial charge is 0.378 e. The highest BCUT2D eigenvalue weighted by molar-refractivity contribution is 5.36. The molecular weight excluding hydrogens is 230 g/mol. The number of hydrogen-bond donors (Lipinski definition) is 2. The number of hydrogen-bond acceptors (Lipinski definition) is 4. The highest BCUT2D eigenvalue weighted by Gasteiger charge is 2.30. The Balaban J connectivity index is 1.61. The molecule has 98 valence electrons. The van der Waals surface area contributed by atoms with Gasteiger partial charge in [0, 0.05) is 24.6 Å². The molecule has 0 unspecified atom stereocenters. The van der Waals surface area contributed by atoms with Gasteiger partial charge in [0.25, 0.3) is 5.56 Å². The second kappa shape index (κ2) is 4.72. The van der Waals surface area contributed by atoms with Gasteiger partial charge in [0.2, 0.25) is 0 Å². The predicted molar refractivity (Wildman–Crippen MR) is 68.9 cm³/mol. The molecule has 0 aromatic carbocycles. The Morgan fingerprint density at radius 3 is 2.94 bits per heavy atom. The number of nitrogens with zero attached hydrogens (tertiary/aromatic N) is 1. The number of anilines is 1. The van der Waals surface area contributed by atoms with Crippen LogP contribution in [0.4, 0.5) is 5.82 Å². The zero-order valence-corrected chi connectivity index (χ0v) is 10.6. The molecule has 0 saturated heterocycles. The third-order valence-corrected chi connectivity index (χ3v) is 3.57. The Morgan fingerprint density at radius 1 is 1.50 bits per heavy atom. The first-order chi connectivity index (χ1) is 8.74. The minimum atomic E-state index is -0.0601. The lowest BCUT2D eigenvalue weighted by Gasteiger charge is -2.35. The summed E-state index contributed by atoms with van der Waals surface area (Å²) in [7, 11) is 0. The maximum absolute atomic E-state index is 11.5. The smallest absolute Gasteiger partial charge is 0.252 e. The summed E-state index contributed by atoms with van der Waals surface area (Å²) >= 11 is 0. The molecule has 5 nitrogen and oxygen atoms in total. The van der Waals surface area contributed by atoms with Gasteiger partial charge in [-0.05, 0) is 32.6 Å². The van der Waals surface area contributed by atoms with Crippen LogP contribution in [0.5, 0.6) is 0 Å². The van der Waals surface area contributed by atoms with E-state index < -0.39 is 0 Å². The van der Waals surface area contributed by atoms with Gasteiger partial charge in [0.1, 0.15) is 11.6 Å². The van der Waals surface area contributed by atoms with Crippen molar-refractivity contribution >= 4 is 5.82 Å². The average molecular weight is 249 g/mol. The highest BCUT2D eigenvalue weighted by atomic mass is 16.5. The Kier molecular flexibility index (Phi) is 3.07. The van der Waals surface area contributed by atoms with Gasteiger partial charge in [-0.3, -0.25) is 4.79 Å². The van der Waals surface area contributed by atoms with Crippen molar-refractivity contribution in [2.24, 2.45) is 0 Å². The molecule has 1 heterocycles. The summed E-state index contributed by atoms with van der Waals surface area (Å²) in [6.45, 7) is 2.79. The van der Waals surface area contributed by atoms with E-state index in [1.807, 2.05) is 6.92 Å². The maximum Gasteiger partial charge on any atom is 0.252 e. The number of nitrogens with one attached hydrogen (secondary N) is 2. The molecule has 0 aliphatic heterocycles. The molecule has 2 aliphatic rings. The fourth-order valence-corrected chi connectivity index (χ4v) is 2.36. The fraction of sp³-hybridized carbons (Fsp3) is 0.692. The van der Waals surface area contributed by atoms with Gasteiger partial charge < -0.3 is 15.0 Å². The monoisotopic (exact) mass is 249 g/mol. The lowest BCUT2D eigenvalue weighted by molar-refractivity contribution is 0.00292. The van der Waals surface area contributed by atoms with E-state index >= 15 is 0 Å². The first kappa shape index (κ1) is 11.7. The molecule has 1 aromatic heterocycles. The van der Waals surface area contributed by atoms with Crippen LogP contribution in [0.2, 0.25) is 0 Å². The van der Waals surface area contributed by atoms with Gasteiger partial charge in [-0.15, -0.1) is 0 Å². The van der Waals surface area contributed by atoms with Crippen LogP contribution in [0.3, 0.4) is 0 Å². The zero-order chi connectivity index (χ0) is 12.5. The van der Waals surface area contributed by atoms with E-state index in [2.05, 4.69) is 15.3 Å². The summed E-state index contributed by atoms with van der Waals surface area (Å²) < 4.78 is 5.51. The summed E-state index contributed by atoms with van der Waals surface area (Å²) in [6.07, 6.45) is 4.66. The van der Waals surface area contributed by atoms with Crippen LogP contribution >= 0.6 is 0 Å². The Hall–Kier alpha value is -1.36. The quantitative estimate of drug-likeness (QED) is 0.832. The van der Waals surface area contributed by atoms with Gasteiger partial charge in [-0.25, -0.2) is 4.98 Å². The standard InChI is InChI=1S/C13H19N3O2/c1-2-18-10-5-9(6-10)14-11-7-12(17)16-13(15-11)8-3-4-8/h7-10H,2-6H2,1H3,(H2,14,15,16,17). The molecule has 0 atom stereocenters. The van der Waals surface area contributed by atoms with Crippen molar-refractivity contribution < 1.29 is 4.74 Å². The molecule has 2 aliphatic carbocycles. The molecule has 3 rings (SSSR count). The van der Waals surface area contributed by atoms with E-state index in [0.717, 1.165) is 38.1 Å². The van der Waals surface area contributed by atoms with Gasteiger partial charge in [0.15, 0.2) is 0 Å². The molecular formula is C13H19N3O2. The summed E-state index contributed by atoms with van der Waals surface area (Å²) in [5, 5.41) is 3.32. The van der Waals surface area contributed by atoms with E-state index in [4.69, 9.17) is 4.74 Å². The second-order valence-electron chi connectivity index (χ2n) is 5.18. The van der Waals surface area contributed by atoms with E-state index in [-0.39, 0.29) is 5.56 Å². The number of H-pyrrole nitrogens is 1. The van der Waals surface area contributed by atoms with E-state index in [1.165, 1.54) is 0 Å². The van der Waals surface area contributed by atoms with Crippen LogP contribution in [-0.2, 0) is 4.74 Å². The molecule has 2 N–H and O–H groups in total. The highest BCUT2D eigenvalue weighted by Crippen LogP contribution is 2.37. The van der Waals surface area contributed by atoms with Crippen LogP contribution in [-0.4, -0.2) is 28.7 Å². The van der Waals surface area contributed by atoms with E-state index in [9.17, 15) is 4.79 Å². The zero-order valence-electron chi connectivity index (χ0n) is 10.6. The van der Waals surface area contributed by atoms with Crippen molar-refractivity contribution in [2.45, 2.75) is 50.7 Å². The van der Waals surface area contributed by atoms with Crippen molar-refractivity contribution in [3.8, 4) is 0 Å². The molecule has 0 spiro atoms. The van der Waals surface area contributed by atoms with Crippen molar-refractivity contribution in [3.63, 3.8) is 0 Å². The average Bonchev–Trinajstić information content (AvgIpc) is 3.09. The number of aromatic amines is 1. The van der Waals surface area contributed by atoms with Crippen LogP contribution < -0.4 is 10.9 Å². The summed E-state index contributed by atoms with van der Waals surface area (Å²) in [5.74, 6) is 2.02. The molecule has 2 saturated carbocycles. The van der Waals surface area contributed by atoms with Crippen molar-refractivity contribution in [1.82, 2.24) is 9.97 Å². The molecule has 0 bridgehead atoms. The van der Waals surface area contributed by atoms with Gasteiger partial charge in [0.05, 0.1) is 6.10 Å².